The minimum Gasteiger partial charge on any atom is -0.462 e. The van der Waals surface area contributed by atoms with Crippen molar-refractivity contribution in [3.05, 3.63) is 60.8 Å². The summed E-state index contributed by atoms with van der Waals surface area (Å²) in [7, 11) is 0. The molecule has 0 aromatic heterocycles. The Morgan fingerprint density at radius 3 is 1.05 bits per heavy atom. The minimum atomic E-state index is -0.782. The average molecular weight is 853 g/mol. The van der Waals surface area contributed by atoms with Gasteiger partial charge in [-0.05, 0) is 77.0 Å². The molecule has 0 aliphatic heterocycles. The van der Waals surface area contributed by atoms with Crippen LogP contribution in [0.25, 0.3) is 0 Å². The molecule has 0 saturated heterocycles. The van der Waals surface area contributed by atoms with Gasteiger partial charge in [0.05, 0.1) is 0 Å². The highest BCUT2D eigenvalue weighted by Crippen LogP contribution is 2.15. The van der Waals surface area contributed by atoms with E-state index in [0.29, 0.717) is 19.3 Å². The van der Waals surface area contributed by atoms with E-state index < -0.39 is 6.10 Å². The number of hydrogen-bond acceptors (Lipinski definition) is 6. The Kier molecular flexibility index (Phi) is 47.4. The van der Waals surface area contributed by atoms with Crippen LogP contribution in [0.2, 0.25) is 0 Å². The Bertz CT molecular complexity index is 1120. The molecule has 0 amide bonds. The lowest BCUT2D eigenvalue weighted by Gasteiger charge is -2.18. The molecular weight excluding hydrogens is 757 g/mol. The largest absolute Gasteiger partial charge is 0.462 e. The van der Waals surface area contributed by atoms with E-state index in [4.69, 9.17) is 14.2 Å². The number of esters is 3. The summed E-state index contributed by atoms with van der Waals surface area (Å²) in [5.74, 6) is -0.901. The number of unbranched alkanes of at least 4 members (excludes halogenated alkanes) is 25. The monoisotopic (exact) mass is 853 g/mol. The van der Waals surface area contributed by atoms with Crippen LogP contribution >= 0.6 is 0 Å². The Morgan fingerprint density at radius 1 is 0.344 bits per heavy atom. The van der Waals surface area contributed by atoms with Crippen LogP contribution in [-0.4, -0.2) is 37.2 Å². The normalized spacial score (nSPS) is 12.5. The average Bonchev–Trinajstić information content (AvgIpc) is 3.26. The third kappa shape index (κ3) is 48.0. The Morgan fingerprint density at radius 2 is 0.656 bits per heavy atom. The summed E-state index contributed by atoms with van der Waals surface area (Å²) < 4.78 is 16.8. The predicted molar refractivity (Wildman–Crippen MR) is 261 cm³/mol. The zero-order valence-electron chi connectivity index (χ0n) is 40.2. The summed E-state index contributed by atoms with van der Waals surface area (Å²) in [6.07, 6.45) is 60.5. The van der Waals surface area contributed by atoms with E-state index in [2.05, 4.69) is 81.5 Å². The lowest BCUT2D eigenvalue weighted by atomic mass is 10.0. The van der Waals surface area contributed by atoms with E-state index in [1.807, 2.05) is 0 Å². The maximum Gasteiger partial charge on any atom is 0.306 e. The van der Waals surface area contributed by atoms with E-state index in [0.717, 1.165) is 109 Å². The molecule has 6 heteroatoms. The van der Waals surface area contributed by atoms with Crippen LogP contribution < -0.4 is 0 Å². The van der Waals surface area contributed by atoms with E-state index in [1.165, 1.54) is 103 Å². The van der Waals surface area contributed by atoms with Crippen LogP contribution in [0.1, 0.15) is 252 Å². The fourth-order valence-corrected chi connectivity index (χ4v) is 7.12. The van der Waals surface area contributed by atoms with Crippen LogP contribution in [0, 0.1) is 0 Å². The summed E-state index contributed by atoms with van der Waals surface area (Å²) in [6.45, 7) is 6.47. The molecule has 0 heterocycles. The molecule has 0 aromatic carbocycles. The second-order valence-corrected chi connectivity index (χ2v) is 17.1. The van der Waals surface area contributed by atoms with Crippen LogP contribution in [0.3, 0.4) is 0 Å². The maximum absolute atomic E-state index is 12.8. The number of allylic oxidation sites excluding steroid dienone is 10. The lowest BCUT2D eigenvalue weighted by Crippen LogP contribution is -2.30. The first-order chi connectivity index (χ1) is 30.0. The quantitative estimate of drug-likeness (QED) is 0.0263. The second-order valence-electron chi connectivity index (χ2n) is 17.1. The van der Waals surface area contributed by atoms with Crippen molar-refractivity contribution in [2.45, 2.75) is 258 Å². The van der Waals surface area contributed by atoms with E-state index in [-0.39, 0.29) is 31.1 Å². The molecule has 0 aliphatic rings. The molecule has 0 aromatic rings. The van der Waals surface area contributed by atoms with Crippen LogP contribution in [0.15, 0.2) is 60.8 Å². The van der Waals surface area contributed by atoms with Gasteiger partial charge in [0.25, 0.3) is 0 Å². The molecule has 6 nitrogen and oxygen atoms in total. The number of hydrogen-bond donors (Lipinski definition) is 0. The van der Waals surface area contributed by atoms with Crippen molar-refractivity contribution in [1.29, 1.82) is 0 Å². The van der Waals surface area contributed by atoms with Gasteiger partial charge in [-0.25, -0.2) is 0 Å². The van der Waals surface area contributed by atoms with Gasteiger partial charge in [0.15, 0.2) is 6.10 Å². The maximum atomic E-state index is 12.8. The highest BCUT2D eigenvalue weighted by Gasteiger charge is 2.19. The van der Waals surface area contributed by atoms with Crippen molar-refractivity contribution >= 4 is 17.9 Å². The van der Waals surface area contributed by atoms with Crippen LogP contribution in [0.4, 0.5) is 0 Å². The Labute approximate surface area is 377 Å². The summed E-state index contributed by atoms with van der Waals surface area (Å²) in [5.41, 5.74) is 0. The standard InChI is InChI=1S/C55H96O6/c1-4-7-10-13-16-19-22-25-27-28-29-31-33-36-39-42-45-48-54(57)60-51-52(50-59-53(56)47-44-41-38-35-32-24-21-18-15-12-9-6-3)61-55(58)49-46-43-40-37-34-30-26-23-20-17-14-11-8-5-2/h7,10,14,16-17,19,23,25-27,52H,4-6,8-9,11-13,15,18,20-22,24,28-51H2,1-3H3/b10-7-,17-14-,19-16-,26-23-,27-25-. The predicted octanol–water partition coefficient (Wildman–Crippen LogP) is 16.9. The van der Waals surface area contributed by atoms with Gasteiger partial charge >= 0.3 is 17.9 Å². The number of ether oxygens (including phenoxy) is 3. The Hall–Kier alpha value is -2.89. The molecule has 61 heavy (non-hydrogen) atoms. The van der Waals surface area contributed by atoms with Crippen molar-refractivity contribution in [3.8, 4) is 0 Å². The van der Waals surface area contributed by atoms with Crippen LogP contribution in [-0.2, 0) is 28.6 Å². The van der Waals surface area contributed by atoms with Gasteiger partial charge in [0, 0.05) is 19.3 Å². The number of rotatable bonds is 46. The van der Waals surface area contributed by atoms with Crippen molar-refractivity contribution in [3.63, 3.8) is 0 Å². The van der Waals surface area contributed by atoms with Crippen molar-refractivity contribution < 1.29 is 28.6 Å². The van der Waals surface area contributed by atoms with Gasteiger partial charge in [-0.1, -0.05) is 216 Å². The molecule has 0 radical (unpaired) electrons. The molecular formula is C55H96O6. The van der Waals surface area contributed by atoms with Crippen molar-refractivity contribution in [1.82, 2.24) is 0 Å². The number of carbonyl (C=O) groups excluding carboxylic acids is 3. The molecule has 0 bridgehead atoms. The summed E-state index contributed by atoms with van der Waals surface area (Å²) in [5, 5.41) is 0. The smallest absolute Gasteiger partial charge is 0.306 e. The molecule has 0 aliphatic carbocycles. The molecule has 0 fully saturated rings. The fourth-order valence-electron chi connectivity index (χ4n) is 7.12. The molecule has 1 unspecified atom stereocenters. The molecule has 0 N–H and O–H groups in total. The third-order valence-corrected chi connectivity index (χ3v) is 11.0. The van der Waals surface area contributed by atoms with Gasteiger partial charge in [-0.2, -0.15) is 0 Å². The van der Waals surface area contributed by atoms with Gasteiger partial charge in [0.1, 0.15) is 13.2 Å². The molecule has 352 valence electrons. The van der Waals surface area contributed by atoms with E-state index in [1.54, 1.807) is 0 Å². The fraction of sp³-hybridized carbons (Fsp3) is 0.764. The van der Waals surface area contributed by atoms with Gasteiger partial charge in [-0.15, -0.1) is 0 Å². The third-order valence-electron chi connectivity index (χ3n) is 11.0. The van der Waals surface area contributed by atoms with Gasteiger partial charge < -0.3 is 14.2 Å². The zero-order valence-corrected chi connectivity index (χ0v) is 40.2. The van der Waals surface area contributed by atoms with Crippen molar-refractivity contribution in [2.24, 2.45) is 0 Å². The Balaban J connectivity index is 4.39. The molecule has 0 rings (SSSR count). The summed E-state index contributed by atoms with van der Waals surface area (Å²) in [4.78, 5) is 38.0. The first-order valence-electron chi connectivity index (χ1n) is 25.8. The lowest BCUT2D eigenvalue weighted by molar-refractivity contribution is -0.167. The zero-order chi connectivity index (χ0) is 44.4. The highest BCUT2D eigenvalue weighted by atomic mass is 16.6. The highest BCUT2D eigenvalue weighted by molar-refractivity contribution is 5.71. The molecule has 0 spiro atoms. The van der Waals surface area contributed by atoms with E-state index >= 15 is 0 Å². The van der Waals surface area contributed by atoms with Crippen LogP contribution in [0.5, 0.6) is 0 Å². The first kappa shape index (κ1) is 58.1. The van der Waals surface area contributed by atoms with Gasteiger partial charge in [-0.3, -0.25) is 14.4 Å². The molecule has 0 saturated carbocycles. The molecule has 1 atom stereocenters. The van der Waals surface area contributed by atoms with Gasteiger partial charge in [0.2, 0.25) is 0 Å². The summed E-state index contributed by atoms with van der Waals surface area (Å²) >= 11 is 0. The summed E-state index contributed by atoms with van der Waals surface area (Å²) in [6, 6.07) is 0. The number of carbonyl (C=O) groups is 3. The SMILES string of the molecule is CC/C=C\C/C=C\C/C=C\CCCCCCCCCC(=O)OCC(COC(=O)CCCCCCCCCCCCCC)OC(=O)CCCCCCC/C=C\C/C=C\CCCC. The second kappa shape index (κ2) is 49.8. The van der Waals surface area contributed by atoms with E-state index in [9.17, 15) is 14.4 Å². The first-order valence-corrected chi connectivity index (χ1v) is 25.8. The minimum absolute atomic E-state index is 0.0814. The van der Waals surface area contributed by atoms with Crippen molar-refractivity contribution in [2.75, 3.05) is 13.2 Å². The topological polar surface area (TPSA) is 78.9 Å².